The molecule has 0 spiro atoms. The second-order valence-corrected chi connectivity index (χ2v) is 15.9. The second kappa shape index (κ2) is 18.0. The fourth-order valence-corrected chi connectivity index (χ4v) is 8.06. The van der Waals surface area contributed by atoms with Gasteiger partial charge in [0, 0.05) is 18.3 Å². The Kier molecular flexibility index (Phi) is 13.0. The molecule has 6 rings (SSSR count). The quantitative estimate of drug-likeness (QED) is 0.105. The van der Waals surface area contributed by atoms with E-state index in [1.807, 2.05) is 64.1 Å². The number of likely N-dealkylation sites (tertiary alicyclic amines) is 1. The third-order valence-electron chi connectivity index (χ3n) is 11.4. The molecule has 13 nitrogen and oxygen atoms in total. The van der Waals surface area contributed by atoms with Gasteiger partial charge in [-0.2, -0.15) is 0 Å². The highest BCUT2D eigenvalue weighted by Gasteiger charge is 2.38. The second-order valence-electron chi connectivity index (χ2n) is 15.9. The van der Waals surface area contributed by atoms with Crippen LogP contribution in [0.5, 0.6) is 0 Å². The summed E-state index contributed by atoms with van der Waals surface area (Å²) in [7, 11) is 2.60. The molecule has 4 amide bonds. The number of carbonyl (C=O) groups excluding carboxylic acids is 5. The van der Waals surface area contributed by atoms with Gasteiger partial charge in [-0.15, -0.1) is 0 Å². The monoisotopic (exact) mass is 778 g/mol. The van der Waals surface area contributed by atoms with Crippen LogP contribution in [-0.4, -0.2) is 77.5 Å². The lowest BCUT2D eigenvalue weighted by Crippen LogP contribution is -2.51. The van der Waals surface area contributed by atoms with Crippen LogP contribution >= 0.6 is 0 Å². The minimum Gasteiger partial charge on any atom is -0.469 e. The Morgan fingerprint density at radius 2 is 1.53 bits per heavy atom. The van der Waals surface area contributed by atoms with Gasteiger partial charge in [0.15, 0.2) is 0 Å². The molecule has 2 fully saturated rings. The number of alkyl carbamates (subject to hydrolysis) is 1. The summed E-state index contributed by atoms with van der Waals surface area (Å²) in [6.45, 7) is 8.18. The molecule has 13 heteroatoms. The first kappa shape index (κ1) is 40.9. The molecule has 1 aromatic heterocycles. The van der Waals surface area contributed by atoms with Gasteiger partial charge in [-0.25, -0.2) is 9.78 Å². The van der Waals surface area contributed by atoms with Gasteiger partial charge in [-0.3, -0.25) is 19.2 Å². The highest BCUT2D eigenvalue weighted by Crippen LogP contribution is 2.34. The van der Waals surface area contributed by atoms with Gasteiger partial charge in [-0.05, 0) is 83.2 Å². The number of fused-ring (bicyclic) bond motifs is 1. The van der Waals surface area contributed by atoms with Crippen molar-refractivity contribution in [2.24, 2.45) is 23.7 Å². The smallest absolute Gasteiger partial charge is 0.407 e. The maximum atomic E-state index is 13.5. The van der Waals surface area contributed by atoms with Crippen LogP contribution in [0.1, 0.15) is 78.1 Å². The molecule has 4 N–H and O–H groups in total. The Morgan fingerprint density at radius 3 is 2.23 bits per heavy atom. The number of nitrogens with one attached hydrogen (secondary N) is 4. The van der Waals surface area contributed by atoms with Crippen molar-refractivity contribution < 1.29 is 33.4 Å². The third kappa shape index (κ3) is 9.46. The fraction of sp³-hybridized carbons (Fsp3) is 0.455. The molecule has 1 saturated carbocycles. The number of H-pyrrole nitrogens is 1. The minimum atomic E-state index is -0.694. The third-order valence-corrected chi connectivity index (χ3v) is 11.4. The number of rotatable bonds is 13. The van der Waals surface area contributed by atoms with Gasteiger partial charge < -0.3 is 35.3 Å². The maximum absolute atomic E-state index is 13.5. The molecular formula is C44H54N6O7. The first-order valence-electron chi connectivity index (χ1n) is 19.9. The van der Waals surface area contributed by atoms with Crippen LogP contribution in [-0.2, 0) is 28.7 Å². The number of methoxy groups -OCH3 is 2. The van der Waals surface area contributed by atoms with E-state index in [0.717, 1.165) is 52.4 Å². The molecule has 4 aromatic rings. The number of ether oxygens (including phenoxy) is 2. The molecule has 2 heterocycles. The molecule has 302 valence electrons. The lowest BCUT2D eigenvalue weighted by molar-refractivity contribution is -0.145. The summed E-state index contributed by atoms with van der Waals surface area (Å²) < 4.78 is 9.54. The Hall–Kier alpha value is -5.72. The van der Waals surface area contributed by atoms with Crippen LogP contribution in [0, 0.1) is 23.7 Å². The maximum Gasteiger partial charge on any atom is 0.407 e. The molecule has 1 saturated heterocycles. The highest BCUT2D eigenvalue weighted by molar-refractivity contribution is 5.97. The van der Waals surface area contributed by atoms with E-state index in [-0.39, 0.29) is 54.0 Å². The van der Waals surface area contributed by atoms with Crippen molar-refractivity contribution in [2.75, 3.05) is 26.1 Å². The van der Waals surface area contributed by atoms with Crippen molar-refractivity contribution in [1.82, 2.24) is 25.5 Å². The van der Waals surface area contributed by atoms with Gasteiger partial charge in [0.25, 0.3) is 0 Å². The van der Waals surface area contributed by atoms with E-state index in [4.69, 9.17) is 9.47 Å². The van der Waals surface area contributed by atoms with E-state index in [0.29, 0.717) is 30.9 Å². The minimum absolute atomic E-state index is 0.00500. The van der Waals surface area contributed by atoms with Crippen molar-refractivity contribution in [3.63, 3.8) is 0 Å². The zero-order chi connectivity index (χ0) is 40.8. The van der Waals surface area contributed by atoms with Gasteiger partial charge in [-0.1, -0.05) is 76.6 Å². The van der Waals surface area contributed by atoms with Crippen molar-refractivity contribution >= 4 is 46.2 Å². The Bertz CT molecular complexity index is 2090. The summed E-state index contributed by atoms with van der Waals surface area (Å²) in [4.78, 5) is 73.9. The first-order chi connectivity index (χ1) is 27.4. The molecule has 1 aliphatic carbocycles. The number of hydrogen-bond donors (Lipinski definition) is 4. The van der Waals surface area contributed by atoms with Crippen LogP contribution in [0.3, 0.4) is 0 Å². The number of benzene rings is 3. The normalized spacial score (nSPS) is 19.0. The number of hydrogen-bond acceptors (Lipinski definition) is 8. The van der Waals surface area contributed by atoms with Gasteiger partial charge in [0.1, 0.15) is 11.9 Å². The van der Waals surface area contributed by atoms with Crippen LogP contribution in [0.15, 0.2) is 66.9 Å². The summed E-state index contributed by atoms with van der Waals surface area (Å²) >= 11 is 0. The molecule has 5 atom stereocenters. The summed E-state index contributed by atoms with van der Waals surface area (Å²) in [5.41, 5.74) is 4.60. The van der Waals surface area contributed by atoms with Crippen molar-refractivity contribution in [1.29, 1.82) is 0 Å². The van der Waals surface area contributed by atoms with Crippen LogP contribution in [0.2, 0.25) is 0 Å². The molecule has 0 unspecified atom stereocenters. The summed E-state index contributed by atoms with van der Waals surface area (Å²) in [6, 6.07) is 19.1. The zero-order valence-corrected chi connectivity index (χ0v) is 33.6. The van der Waals surface area contributed by atoms with E-state index < -0.39 is 24.0 Å². The molecule has 2 aliphatic rings. The molecule has 3 aromatic carbocycles. The first-order valence-corrected chi connectivity index (χ1v) is 19.9. The summed E-state index contributed by atoms with van der Waals surface area (Å²) in [5, 5.41) is 10.8. The Labute approximate surface area is 333 Å². The van der Waals surface area contributed by atoms with Crippen LogP contribution < -0.4 is 16.0 Å². The Balaban J connectivity index is 1.09. The number of carbonyl (C=O) groups is 5. The number of aromatic amines is 1. The largest absolute Gasteiger partial charge is 0.469 e. The van der Waals surface area contributed by atoms with Crippen LogP contribution in [0.4, 0.5) is 10.5 Å². The average Bonchev–Trinajstić information content (AvgIpc) is 4.00. The summed E-state index contributed by atoms with van der Waals surface area (Å²) in [5.74, 6) is -1.26. The van der Waals surface area contributed by atoms with Gasteiger partial charge in [0.05, 0.1) is 50.4 Å². The van der Waals surface area contributed by atoms with E-state index in [1.54, 1.807) is 11.1 Å². The van der Waals surface area contributed by atoms with E-state index in [2.05, 4.69) is 50.2 Å². The predicted octanol–water partition coefficient (Wildman–Crippen LogP) is 7.00. The molecule has 1 aliphatic heterocycles. The Morgan fingerprint density at radius 1 is 0.825 bits per heavy atom. The van der Waals surface area contributed by atoms with Gasteiger partial charge in [0.2, 0.25) is 17.7 Å². The molecule has 57 heavy (non-hydrogen) atoms. The van der Waals surface area contributed by atoms with Crippen molar-refractivity contribution in [3.8, 4) is 22.4 Å². The number of imidazole rings is 1. The van der Waals surface area contributed by atoms with E-state index >= 15 is 0 Å². The van der Waals surface area contributed by atoms with Crippen molar-refractivity contribution in [3.05, 3.63) is 72.7 Å². The molecule has 0 radical (unpaired) electrons. The number of nitrogens with zero attached hydrogens (tertiary/aromatic N) is 2. The van der Waals surface area contributed by atoms with Crippen LogP contribution in [0.25, 0.3) is 33.2 Å². The predicted molar refractivity (Wildman–Crippen MR) is 218 cm³/mol. The van der Waals surface area contributed by atoms with Gasteiger partial charge >= 0.3 is 12.1 Å². The van der Waals surface area contributed by atoms with Crippen molar-refractivity contribution in [2.45, 2.75) is 84.3 Å². The zero-order valence-electron chi connectivity index (χ0n) is 33.6. The number of amides is 4. The van der Waals surface area contributed by atoms with E-state index in [1.165, 1.54) is 14.2 Å². The average molecular weight is 779 g/mol. The highest BCUT2D eigenvalue weighted by atomic mass is 16.5. The number of aromatic nitrogens is 2. The molecule has 0 bridgehead atoms. The number of anilines is 1. The fourth-order valence-electron chi connectivity index (χ4n) is 8.06. The summed E-state index contributed by atoms with van der Waals surface area (Å²) in [6.07, 6.45) is 5.00. The molecular weight excluding hydrogens is 725 g/mol. The SMILES string of the molecule is COC(=O)C[C@H](C(=O)N[C@@H]1CCC[C@H]1C(=O)Nc1ccc2cc(-c3ccc(-c4cnc([C@@H]5CCCN5C(=O)[C@@H](NC(=O)OC)C(C)C)[nH]4)cc3)ccc2c1)C(C)C. The van der Waals surface area contributed by atoms with E-state index in [9.17, 15) is 24.0 Å². The number of esters is 1. The topological polar surface area (TPSA) is 172 Å². The lowest BCUT2D eigenvalue weighted by Gasteiger charge is -2.30. The lowest BCUT2D eigenvalue weighted by atomic mass is 9.90. The standard InChI is InChI=1S/C44H54N6O7/c1-25(2)34(23-38(51)56-5)42(53)48-35-10-7-9-33(35)41(52)46-32-19-18-30-21-29(16-17-31(30)22-32)27-12-14-28(15-13-27)36-24-45-40(47-36)37-11-8-20-50(37)43(54)39(26(3)4)49-44(55)57-6/h12-19,21-22,24-26,33-35,37,39H,7-11,20,23H2,1-6H3,(H,45,47)(H,46,52)(H,48,53)(H,49,55)/t33-,34+,35-,37+,39+/m1/s1.